The van der Waals surface area contributed by atoms with E-state index in [0.29, 0.717) is 11.4 Å². The molecule has 5 nitrogen and oxygen atoms in total. The maximum atomic E-state index is 14.7. The van der Waals surface area contributed by atoms with Crippen LogP contribution in [0.4, 0.5) is 33.7 Å². The Hall–Kier alpha value is -2.19. The van der Waals surface area contributed by atoms with Gasteiger partial charge in [0.05, 0.1) is 11.6 Å². The summed E-state index contributed by atoms with van der Waals surface area (Å²) in [4.78, 5) is 13.6. The standard InChI is InChI=1S/C23H33F4N3O2/c1-22(2,3)32-21(31)29-17-6-4-16(5-7-17)28-18-8-9-20(19(24)14-18)30-12-10-15(11-13-30)23(25,26)27/h8-9,14-17,28H,4-7,10-13H2,1-3H3,(H,29,31). The highest BCUT2D eigenvalue weighted by Crippen LogP contribution is 2.36. The van der Waals surface area contributed by atoms with Crippen LogP contribution in [0, 0.1) is 11.7 Å². The van der Waals surface area contributed by atoms with E-state index in [2.05, 4.69) is 10.6 Å². The molecule has 2 fully saturated rings. The Kier molecular flexibility index (Phi) is 7.45. The molecule has 2 N–H and O–H groups in total. The van der Waals surface area contributed by atoms with E-state index in [1.54, 1.807) is 17.0 Å². The van der Waals surface area contributed by atoms with Gasteiger partial charge in [-0.1, -0.05) is 0 Å². The Labute approximate surface area is 186 Å². The molecule has 180 valence electrons. The minimum atomic E-state index is -4.18. The van der Waals surface area contributed by atoms with Gasteiger partial charge in [-0.3, -0.25) is 0 Å². The van der Waals surface area contributed by atoms with Gasteiger partial charge in [-0.25, -0.2) is 9.18 Å². The molecule has 1 heterocycles. The molecule has 3 rings (SSSR count). The molecular formula is C23H33F4N3O2. The van der Waals surface area contributed by atoms with E-state index in [-0.39, 0.29) is 38.0 Å². The lowest BCUT2D eigenvalue weighted by molar-refractivity contribution is -0.179. The second-order valence-corrected chi connectivity index (χ2v) is 9.81. The van der Waals surface area contributed by atoms with Gasteiger partial charge in [0.2, 0.25) is 0 Å². The summed E-state index contributed by atoms with van der Waals surface area (Å²) in [7, 11) is 0. The number of ether oxygens (including phenoxy) is 1. The topological polar surface area (TPSA) is 53.6 Å². The van der Waals surface area contributed by atoms with Crippen LogP contribution in [-0.4, -0.2) is 43.0 Å². The number of anilines is 2. The summed E-state index contributed by atoms with van der Waals surface area (Å²) < 4.78 is 58.5. The fourth-order valence-corrected chi connectivity index (χ4v) is 4.39. The first-order chi connectivity index (χ1) is 14.9. The molecule has 1 aliphatic carbocycles. The molecule has 1 saturated heterocycles. The molecule has 1 aromatic rings. The molecule has 0 atom stereocenters. The molecule has 2 aliphatic rings. The third-order valence-electron chi connectivity index (χ3n) is 6.07. The van der Waals surface area contributed by atoms with Crippen molar-refractivity contribution in [2.24, 2.45) is 5.92 Å². The summed E-state index contributed by atoms with van der Waals surface area (Å²) >= 11 is 0. The van der Waals surface area contributed by atoms with Crippen LogP contribution in [0.25, 0.3) is 0 Å². The van der Waals surface area contributed by atoms with E-state index in [9.17, 15) is 22.4 Å². The van der Waals surface area contributed by atoms with E-state index in [1.807, 2.05) is 20.8 Å². The largest absolute Gasteiger partial charge is 0.444 e. The Balaban J connectivity index is 1.47. The third kappa shape index (κ3) is 6.90. The van der Waals surface area contributed by atoms with Gasteiger partial charge in [0.1, 0.15) is 11.4 Å². The number of alkyl carbamates (subject to hydrolysis) is 1. The molecule has 1 aliphatic heterocycles. The SMILES string of the molecule is CC(C)(C)OC(=O)NC1CCC(Nc2ccc(N3CCC(C(F)(F)F)CC3)c(F)c2)CC1. The van der Waals surface area contributed by atoms with Crippen LogP contribution in [0.1, 0.15) is 59.3 Å². The highest BCUT2D eigenvalue weighted by Gasteiger charge is 2.41. The summed E-state index contributed by atoms with van der Waals surface area (Å²) in [5.41, 5.74) is 0.467. The highest BCUT2D eigenvalue weighted by molar-refractivity contribution is 5.68. The van der Waals surface area contributed by atoms with Gasteiger partial charge in [0, 0.05) is 30.9 Å². The molecule has 0 unspecified atom stereocenters. The summed E-state index contributed by atoms with van der Waals surface area (Å²) in [6.45, 7) is 5.86. The predicted octanol–water partition coefficient (Wildman–Crippen LogP) is 5.85. The molecule has 0 bridgehead atoms. The number of carbonyl (C=O) groups is 1. The van der Waals surface area contributed by atoms with E-state index in [4.69, 9.17) is 4.74 Å². The van der Waals surface area contributed by atoms with Crippen LogP contribution in [0.15, 0.2) is 18.2 Å². The lowest BCUT2D eigenvalue weighted by atomic mass is 9.91. The number of halogens is 4. The van der Waals surface area contributed by atoms with Crippen molar-refractivity contribution in [2.75, 3.05) is 23.3 Å². The van der Waals surface area contributed by atoms with Crippen LogP contribution in [-0.2, 0) is 4.74 Å². The number of hydrogen-bond donors (Lipinski definition) is 2. The zero-order valence-corrected chi connectivity index (χ0v) is 18.9. The molecule has 32 heavy (non-hydrogen) atoms. The summed E-state index contributed by atoms with van der Waals surface area (Å²) in [5.74, 6) is -1.73. The number of piperidine rings is 1. The first-order valence-corrected chi connectivity index (χ1v) is 11.3. The fourth-order valence-electron chi connectivity index (χ4n) is 4.39. The molecule has 0 aromatic heterocycles. The number of benzene rings is 1. The Morgan fingerprint density at radius 2 is 1.59 bits per heavy atom. The summed E-state index contributed by atoms with van der Waals surface area (Å²) in [5, 5.41) is 6.24. The van der Waals surface area contributed by atoms with E-state index in [1.165, 1.54) is 6.07 Å². The number of carbonyl (C=O) groups excluding carboxylic acids is 1. The smallest absolute Gasteiger partial charge is 0.407 e. The third-order valence-corrected chi connectivity index (χ3v) is 6.07. The monoisotopic (exact) mass is 459 g/mol. The fraction of sp³-hybridized carbons (Fsp3) is 0.696. The lowest BCUT2D eigenvalue weighted by Crippen LogP contribution is -2.42. The summed E-state index contributed by atoms with van der Waals surface area (Å²) in [6, 6.07) is 5.05. The van der Waals surface area contributed by atoms with Crippen molar-refractivity contribution in [3.63, 3.8) is 0 Å². The van der Waals surface area contributed by atoms with Crippen molar-refractivity contribution in [1.82, 2.24) is 5.32 Å². The van der Waals surface area contributed by atoms with Crippen LogP contribution in [0.5, 0.6) is 0 Å². The molecule has 0 radical (unpaired) electrons. The van der Waals surface area contributed by atoms with Crippen LogP contribution in [0.3, 0.4) is 0 Å². The number of nitrogens with one attached hydrogen (secondary N) is 2. The van der Waals surface area contributed by atoms with Crippen molar-refractivity contribution in [3.8, 4) is 0 Å². The maximum Gasteiger partial charge on any atom is 0.407 e. The van der Waals surface area contributed by atoms with Gasteiger partial charge in [-0.05, 0) is 77.5 Å². The Bertz CT molecular complexity index is 778. The number of nitrogens with zero attached hydrogens (tertiary/aromatic N) is 1. The van der Waals surface area contributed by atoms with Crippen molar-refractivity contribution in [3.05, 3.63) is 24.0 Å². The van der Waals surface area contributed by atoms with Crippen LogP contribution in [0.2, 0.25) is 0 Å². The van der Waals surface area contributed by atoms with Gasteiger partial charge in [0.15, 0.2) is 0 Å². The Morgan fingerprint density at radius 3 is 2.12 bits per heavy atom. The van der Waals surface area contributed by atoms with Gasteiger partial charge < -0.3 is 20.3 Å². The average molecular weight is 460 g/mol. The zero-order chi connectivity index (χ0) is 23.5. The average Bonchev–Trinajstić information content (AvgIpc) is 2.68. The lowest BCUT2D eigenvalue weighted by Gasteiger charge is -2.34. The highest BCUT2D eigenvalue weighted by atomic mass is 19.4. The molecule has 1 aromatic carbocycles. The van der Waals surface area contributed by atoms with Gasteiger partial charge in [0.25, 0.3) is 0 Å². The first-order valence-electron chi connectivity index (χ1n) is 11.3. The van der Waals surface area contributed by atoms with E-state index < -0.39 is 29.6 Å². The zero-order valence-electron chi connectivity index (χ0n) is 18.9. The molecule has 9 heteroatoms. The second kappa shape index (κ2) is 9.75. The van der Waals surface area contributed by atoms with Crippen LogP contribution < -0.4 is 15.5 Å². The van der Waals surface area contributed by atoms with Crippen molar-refractivity contribution >= 4 is 17.5 Å². The second-order valence-electron chi connectivity index (χ2n) is 9.81. The molecular weight excluding hydrogens is 426 g/mol. The molecule has 0 spiro atoms. The van der Waals surface area contributed by atoms with Crippen molar-refractivity contribution in [2.45, 2.75) is 83.2 Å². The minimum absolute atomic E-state index is 0.0104. The Morgan fingerprint density at radius 1 is 1.00 bits per heavy atom. The number of hydrogen-bond acceptors (Lipinski definition) is 4. The number of amides is 1. The minimum Gasteiger partial charge on any atom is -0.444 e. The van der Waals surface area contributed by atoms with Crippen LogP contribution >= 0.6 is 0 Å². The molecule has 1 amide bonds. The normalized spacial score (nSPS) is 23.0. The number of alkyl halides is 3. The van der Waals surface area contributed by atoms with Gasteiger partial charge in [-0.15, -0.1) is 0 Å². The molecule has 1 saturated carbocycles. The number of rotatable bonds is 4. The quantitative estimate of drug-likeness (QED) is 0.555. The maximum absolute atomic E-state index is 14.7. The van der Waals surface area contributed by atoms with Crippen molar-refractivity contribution < 1.29 is 27.1 Å². The van der Waals surface area contributed by atoms with Crippen molar-refractivity contribution in [1.29, 1.82) is 0 Å². The van der Waals surface area contributed by atoms with Gasteiger partial charge >= 0.3 is 12.3 Å². The van der Waals surface area contributed by atoms with E-state index in [0.717, 1.165) is 25.7 Å². The van der Waals surface area contributed by atoms with Gasteiger partial charge in [-0.2, -0.15) is 13.2 Å². The first kappa shape index (κ1) is 24.5. The predicted molar refractivity (Wildman–Crippen MR) is 116 cm³/mol. The summed E-state index contributed by atoms with van der Waals surface area (Å²) in [6.07, 6.45) is -1.36. The van der Waals surface area contributed by atoms with E-state index >= 15 is 0 Å².